The van der Waals surface area contributed by atoms with Crippen LogP contribution in [0.15, 0.2) is 79.0 Å². The van der Waals surface area contributed by atoms with Gasteiger partial charge in [-0.15, -0.1) is 5.10 Å². The highest BCUT2D eigenvalue weighted by molar-refractivity contribution is 6.00. The number of alkyl halides is 3. The van der Waals surface area contributed by atoms with Gasteiger partial charge in [-0.1, -0.05) is 47.7 Å². The smallest absolute Gasteiger partial charge is 0.416 e. The Morgan fingerprint density at radius 2 is 1.76 bits per heavy atom. The number of benzene rings is 3. The highest BCUT2D eigenvalue weighted by Crippen LogP contribution is 2.36. The predicted octanol–water partition coefficient (Wildman–Crippen LogP) is 4.20. The number of halogens is 3. The van der Waals surface area contributed by atoms with Gasteiger partial charge in [-0.05, 0) is 35.9 Å². The Morgan fingerprint density at radius 1 is 0.959 bits per heavy atom. The van der Waals surface area contributed by atoms with E-state index in [0.29, 0.717) is 43.3 Å². The Balaban J connectivity index is 1.14. The topological polar surface area (TPSA) is 102 Å². The minimum absolute atomic E-state index is 0.00418. The molecule has 3 aliphatic heterocycles. The first-order valence-corrected chi connectivity index (χ1v) is 16.1. The van der Waals surface area contributed by atoms with Crippen LogP contribution >= 0.6 is 0 Å². The molecule has 256 valence electrons. The molecule has 7 rings (SSSR count). The van der Waals surface area contributed by atoms with Crippen LogP contribution in [0.4, 0.5) is 13.2 Å². The lowest BCUT2D eigenvalue weighted by Gasteiger charge is -2.43. The summed E-state index contributed by atoms with van der Waals surface area (Å²) in [5.41, 5.74) is 1.12. The van der Waals surface area contributed by atoms with Crippen LogP contribution in [0.1, 0.15) is 33.6 Å². The number of amides is 2. The van der Waals surface area contributed by atoms with Gasteiger partial charge in [0.25, 0.3) is 5.91 Å². The number of aromatic nitrogens is 3. The molecule has 2 amide bonds. The van der Waals surface area contributed by atoms with Crippen LogP contribution in [0.5, 0.6) is 11.5 Å². The van der Waals surface area contributed by atoms with Gasteiger partial charge in [-0.3, -0.25) is 14.5 Å². The zero-order chi connectivity index (χ0) is 34.1. The van der Waals surface area contributed by atoms with Crippen molar-refractivity contribution in [1.82, 2.24) is 29.7 Å². The van der Waals surface area contributed by atoms with Gasteiger partial charge in [-0.25, -0.2) is 4.68 Å². The number of rotatable bonds is 7. The average molecular weight is 677 g/mol. The molecule has 0 bridgehead atoms. The molecule has 3 aliphatic rings. The minimum atomic E-state index is -4.67. The summed E-state index contributed by atoms with van der Waals surface area (Å²) < 4.78 is 60.6. The first-order chi connectivity index (χ1) is 23.7. The second kappa shape index (κ2) is 13.5. The van der Waals surface area contributed by atoms with Crippen LogP contribution in [-0.2, 0) is 28.9 Å². The van der Waals surface area contributed by atoms with Crippen LogP contribution in [0.2, 0.25) is 0 Å². The maximum atomic E-state index is 14.3. The lowest BCUT2D eigenvalue weighted by atomic mass is 10.0. The number of methoxy groups -OCH3 is 1. The fourth-order valence-corrected chi connectivity index (χ4v) is 6.75. The van der Waals surface area contributed by atoms with Crippen molar-refractivity contribution in [3.05, 3.63) is 101 Å². The van der Waals surface area contributed by atoms with Crippen molar-refractivity contribution in [2.75, 3.05) is 39.9 Å². The summed E-state index contributed by atoms with van der Waals surface area (Å²) >= 11 is 0. The largest absolute Gasteiger partial charge is 0.494 e. The van der Waals surface area contributed by atoms with Crippen molar-refractivity contribution in [3.8, 4) is 17.2 Å². The second-order valence-electron chi connectivity index (χ2n) is 12.4. The number of carbonyl (C=O) groups is 2. The van der Waals surface area contributed by atoms with Crippen molar-refractivity contribution < 1.29 is 37.0 Å². The van der Waals surface area contributed by atoms with Crippen LogP contribution in [-0.4, -0.2) is 99.6 Å². The molecule has 0 saturated carbocycles. The number of hydrogen-bond acceptors (Lipinski definition) is 8. The number of para-hydroxylation sites is 2. The van der Waals surface area contributed by atoms with Gasteiger partial charge < -0.3 is 24.0 Å². The third kappa shape index (κ3) is 6.83. The summed E-state index contributed by atoms with van der Waals surface area (Å²) in [6, 6.07) is 18.9. The van der Waals surface area contributed by atoms with Gasteiger partial charge in [0.05, 0.1) is 43.2 Å². The van der Waals surface area contributed by atoms with Crippen LogP contribution in [0, 0.1) is 0 Å². The summed E-state index contributed by atoms with van der Waals surface area (Å²) in [6.45, 7) is 2.28. The van der Waals surface area contributed by atoms with E-state index < -0.39 is 29.8 Å². The SMILES string of the molecule is COc1ccccc1-n1cc(CO[C@@H]2C[C@H]3C(=O)N4CCN(Cc5ccccc5)C[C@H]4COc4ccc(C(F)(F)F)cc4C(=O)N3C2)nn1. The Labute approximate surface area is 280 Å². The fraction of sp³-hybridized carbons (Fsp3) is 0.371. The first kappa shape index (κ1) is 32.6. The van der Waals surface area contributed by atoms with E-state index in [4.69, 9.17) is 14.2 Å². The van der Waals surface area contributed by atoms with Gasteiger partial charge in [0.2, 0.25) is 5.91 Å². The third-order valence-corrected chi connectivity index (χ3v) is 9.22. The maximum Gasteiger partial charge on any atom is 0.416 e. The zero-order valence-electron chi connectivity index (χ0n) is 26.8. The van der Waals surface area contributed by atoms with Crippen LogP contribution in [0.3, 0.4) is 0 Å². The zero-order valence-corrected chi connectivity index (χ0v) is 26.8. The molecule has 11 nitrogen and oxygen atoms in total. The molecule has 0 aliphatic carbocycles. The molecule has 4 aromatic rings. The lowest BCUT2D eigenvalue weighted by Crippen LogP contribution is -2.61. The van der Waals surface area contributed by atoms with E-state index in [1.165, 1.54) is 11.0 Å². The van der Waals surface area contributed by atoms with E-state index in [1.54, 1.807) is 29.0 Å². The molecule has 0 N–H and O–H groups in total. The average Bonchev–Trinajstić information content (AvgIpc) is 3.77. The predicted molar refractivity (Wildman–Crippen MR) is 170 cm³/mol. The number of ether oxygens (including phenoxy) is 3. The highest BCUT2D eigenvalue weighted by Gasteiger charge is 2.46. The number of piperazine rings is 1. The summed E-state index contributed by atoms with van der Waals surface area (Å²) in [6.07, 6.45) is -3.37. The Morgan fingerprint density at radius 3 is 2.55 bits per heavy atom. The number of hydrogen-bond donors (Lipinski definition) is 0. The Hall–Kier alpha value is -4.95. The van der Waals surface area contributed by atoms with E-state index in [0.717, 1.165) is 17.7 Å². The van der Waals surface area contributed by atoms with Crippen molar-refractivity contribution in [2.24, 2.45) is 0 Å². The van der Waals surface area contributed by atoms with E-state index in [-0.39, 0.29) is 49.4 Å². The molecule has 0 spiro atoms. The Kier molecular flexibility index (Phi) is 8.99. The number of fused-ring (bicyclic) bond motifs is 3. The third-order valence-electron chi connectivity index (χ3n) is 9.22. The molecule has 14 heteroatoms. The van der Waals surface area contributed by atoms with Crippen molar-refractivity contribution >= 4 is 11.8 Å². The number of nitrogens with zero attached hydrogens (tertiary/aromatic N) is 6. The molecule has 0 radical (unpaired) electrons. The molecule has 3 atom stereocenters. The molecule has 0 unspecified atom stereocenters. The Bertz CT molecular complexity index is 1820. The van der Waals surface area contributed by atoms with E-state index in [9.17, 15) is 22.8 Å². The molecular weight excluding hydrogens is 641 g/mol. The summed E-state index contributed by atoms with van der Waals surface area (Å²) in [4.78, 5) is 33.6. The van der Waals surface area contributed by atoms with Gasteiger partial charge in [-0.2, -0.15) is 13.2 Å². The molecule has 49 heavy (non-hydrogen) atoms. The van der Waals surface area contributed by atoms with E-state index in [1.807, 2.05) is 48.5 Å². The molecule has 1 aromatic heterocycles. The summed E-state index contributed by atoms with van der Waals surface area (Å²) in [5.74, 6) is -0.331. The normalized spacial score (nSPS) is 21.5. The molecular formula is C35H35F3N6O5. The number of carbonyl (C=O) groups excluding carboxylic acids is 2. The van der Waals surface area contributed by atoms with Gasteiger partial charge in [0.1, 0.15) is 35.5 Å². The fourth-order valence-electron chi connectivity index (χ4n) is 6.75. The molecule has 2 saturated heterocycles. The standard InChI is InChI=1S/C35H35F3N6O5/c1-47-32-10-6-5-9-29(32)44-18-25(39-40-44)21-48-27-16-30-34(46)42-14-13-41(17-23-7-3-2-4-8-23)19-26(42)22-49-31-12-11-24(35(36,37)38)15-28(31)33(45)43(30)20-27/h2-12,15,18,26-27,30H,13-14,16-17,19-22H2,1H3/t26-,27+,30-/m0/s1. The quantitative estimate of drug-likeness (QED) is 0.287. The second-order valence-corrected chi connectivity index (χ2v) is 12.4. The molecule has 3 aromatic carbocycles. The van der Waals surface area contributed by atoms with E-state index in [2.05, 4.69) is 15.2 Å². The summed E-state index contributed by atoms with van der Waals surface area (Å²) in [7, 11) is 1.56. The van der Waals surface area contributed by atoms with Gasteiger partial charge in [0.15, 0.2) is 0 Å². The minimum Gasteiger partial charge on any atom is -0.494 e. The first-order valence-electron chi connectivity index (χ1n) is 16.1. The van der Waals surface area contributed by atoms with Crippen molar-refractivity contribution in [1.29, 1.82) is 0 Å². The van der Waals surface area contributed by atoms with Gasteiger partial charge in [0, 0.05) is 39.1 Å². The van der Waals surface area contributed by atoms with Gasteiger partial charge >= 0.3 is 6.18 Å². The molecule has 2 fully saturated rings. The maximum absolute atomic E-state index is 14.3. The van der Waals surface area contributed by atoms with E-state index >= 15 is 0 Å². The van der Waals surface area contributed by atoms with Crippen LogP contribution in [0.25, 0.3) is 5.69 Å². The lowest BCUT2D eigenvalue weighted by molar-refractivity contribution is -0.142. The summed E-state index contributed by atoms with van der Waals surface area (Å²) in [5, 5.41) is 8.39. The van der Waals surface area contributed by atoms with Crippen molar-refractivity contribution in [3.63, 3.8) is 0 Å². The van der Waals surface area contributed by atoms with Crippen molar-refractivity contribution in [2.45, 2.75) is 43.9 Å². The monoisotopic (exact) mass is 676 g/mol. The highest BCUT2D eigenvalue weighted by atomic mass is 19.4. The molecule has 4 heterocycles. The van der Waals surface area contributed by atoms with Crippen LogP contribution < -0.4 is 9.47 Å².